The smallest absolute Gasteiger partial charge is 0.0500 e. The van der Waals surface area contributed by atoms with Crippen molar-refractivity contribution in [3.8, 4) is 0 Å². The molecule has 2 heteroatoms. The van der Waals surface area contributed by atoms with Crippen LogP contribution in [0.5, 0.6) is 0 Å². The fourth-order valence-electron chi connectivity index (χ4n) is 4.19. The number of benzene rings is 2. The summed E-state index contributed by atoms with van der Waals surface area (Å²) in [5, 5.41) is 15.7. The largest absolute Gasteiger partial charge is 0.396 e. The van der Waals surface area contributed by atoms with Crippen molar-refractivity contribution in [1.82, 2.24) is 5.32 Å². The minimum absolute atomic E-state index is 0.143. The second-order valence-corrected chi connectivity index (χ2v) is 6.46. The molecule has 1 saturated carbocycles. The van der Waals surface area contributed by atoms with Gasteiger partial charge in [-0.15, -0.1) is 0 Å². The average molecular weight is 253 g/mol. The van der Waals surface area contributed by atoms with Gasteiger partial charge in [0.05, 0.1) is 0 Å². The van der Waals surface area contributed by atoms with Gasteiger partial charge in [-0.05, 0) is 29.2 Å². The van der Waals surface area contributed by atoms with E-state index >= 15 is 0 Å². The predicted octanol–water partition coefficient (Wildman–Crippen LogP) is 2.45. The zero-order chi connectivity index (χ0) is 12.9. The second kappa shape index (κ2) is 3.81. The Balaban J connectivity index is 1.75. The number of aliphatic hydroxyl groups excluding tert-OH is 1. The van der Waals surface area contributed by atoms with E-state index in [-0.39, 0.29) is 10.8 Å². The molecule has 2 N–H and O–H groups in total. The maximum Gasteiger partial charge on any atom is 0.0500 e. The van der Waals surface area contributed by atoms with Gasteiger partial charge >= 0.3 is 0 Å². The highest BCUT2D eigenvalue weighted by atomic mass is 16.3. The fraction of sp³-hybridized carbons (Fsp3) is 0.412. The number of nitrogens with one attached hydrogen (secondary N) is 1. The van der Waals surface area contributed by atoms with Gasteiger partial charge in [0.1, 0.15) is 0 Å². The summed E-state index contributed by atoms with van der Waals surface area (Å²) in [6.07, 6.45) is 2.25. The molecule has 2 bridgehead atoms. The van der Waals surface area contributed by atoms with E-state index in [0.29, 0.717) is 6.61 Å². The summed E-state index contributed by atoms with van der Waals surface area (Å²) in [4.78, 5) is 0. The van der Waals surface area contributed by atoms with Crippen molar-refractivity contribution in [3.05, 3.63) is 48.0 Å². The van der Waals surface area contributed by atoms with Crippen LogP contribution in [-0.4, -0.2) is 24.8 Å². The van der Waals surface area contributed by atoms with Crippen molar-refractivity contribution in [2.24, 2.45) is 5.41 Å². The van der Waals surface area contributed by atoms with Crippen LogP contribution in [0.4, 0.5) is 0 Å². The Morgan fingerprint density at radius 1 is 1.00 bits per heavy atom. The van der Waals surface area contributed by atoms with E-state index in [4.69, 9.17) is 0 Å². The molecule has 1 aliphatic carbocycles. The summed E-state index contributed by atoms with van der Waals surface area (Å²) in [5.74, 6) is 0. The standard InChI is InChI=1S/C17H19NO/c19-12-16-8-17(9-16,11-18-10-16)15-6-5-13-3-1-2-4-14(13)7-15/h1-7,18-19H,8-12H2. The van der Waals surface area contributed by atoms with Gasteiger partial charge in [-0.1, -0.05) is 42.5 Å². The quantitative estimate of drug-likeness (QED) is 0.861. The van der Waals surface area contributed by atoms with E-state index < -0.39 is 0 Å². The van der Waals surface area contributed by atoms with Gasteiger partial charge in [-0.3, -0.25) is 0 Å². The van der Waals surface area contributed by atoms with Gasteiger partial charge in [0.15, 0.2) is 0 Å². The maximum absolute atomic E-state index is 9.58. The summed E-state index contributed by atoms with van der Waals surface area (Å²) in [6.45, 7) is 2.33. The van der Waals surface area contributed by atoms with Gasteiger partial charge in [0.25, 0.3) is 0 Å². The van der Waals surface area contributed by atoms with E-state index in [1.54, 1.807) is 0 Å². The van der Waals surface area contributed by atoms with Crippen molar-refractivity contribution < 1.29 is 5.11 Å². The molecule has 3 aliphatic rings. The van der Waals surface area contributed by atoms with Crippen molar-refractivity contribution >= 4 is 10.8 Å². The molecular formula is C17H19NO. The van der Waals surface area contributed by atoms with E-state index in [0.717, 1.165) is 25.9 Å². The molecule has 2 aliphatic heterocycles. The van der Waals surface area contributed by atoms with Crippen molar-refractivity contribution in [2.75, 3.05) is 19.7 Å². The first-order valence-electron chi connectivity index (χ1n) is 7.06. The number of piperidine rings is 2. The molecule has 0 spiro atoms. The minimum atomic E-state index is 0.143. The summed E-state index contributed by atoms with van der Waals surface area (Å²) in [7, 11) is 0. The van der Waals surface area contributed by atoms with Crippen LogP contribution in [0, 0.1) is 5.41 Å². The Bertz CT molecular complexity index is 628. The normalized spacial score (nSPS) is 33.1. The molecule has 2 aromatic rings. The maximum atomic E-state index is 9.58. The highest BCUT2D eigenvalue weighted by Gasteiger charge is 2.57. The third-order valence-corrected chi connectivity index (χ3v) is 5.09. The Hall–Kier alpha value is -1.38. The Labute approximate surface area is 113 Å². The molecule has 19 heavy (non-hydrogen) atoms. The minimum Gasteiger partial charge on any atom is -0.396 e. The third-order valence-electron chi connectivity index (χ3n) is 5.09. The molecule has 0 radical (unpaired) electrons. The van der Waals surface area contributed by atoms with E-state index in [2.05, 4.69) is 47.8 Å². The summed E-state index contributed by atoms with van der Waals surface area (Å²) in [5.41, 5.74) is 1.83. The lowest BCUT2D eigenvalue weighted by atomic mass is 9.48. The van der Waals surface area contributed by atoms with E-state index in [1.807, 2.05) is 0 Å². The Kier molecular flexibility index (Phi) is 2.30. The monoisotopic (exact) mass is 253 g/mol. The van der Waals surface area contributed by atoms with Crippen LogP contribution in [0.2, 0.25) is 0 Å². The third kappa shape index (κ3) is 1.57. The first-order chi connectivity index (χ1) is 9.25. The topological polar surface area (TPSA) is 32.3 Å². The zero-order valence-corrected chi connectivity index (χ0v) is 11.0. The number of rotatable bonds is 2. The van der Waals surface area contributed by atoms with Crippen LogP contribution in [0.3, 0.4) is 0 Å². The van der Waals surface area contributed by atoms with Crippen LogP contribution in [-0.2, 0) is 5.41 Å². The van der Waals surface area contributed by atoms with E-state index in [1.165, 1.54) is 16.3 Å². The van der Waals surface area contributed by atoms with Gasteiger partial charge in [0.2, 0.25) is 0 Å². The number of fused-ring (bicyclic) bond motifs is 3. The van der Waals surface area contributed by atoms with E-state index in [9.17, 15) is 5.11 Å². The van der Waals surface area contributed by atoms with Crippen LogP contribution in [0.15, 0.2) is 42.5 Å². The fourth-order valence-corrected chi connectivity index (χ4v) is 4.19. The lowest BCUT2D eigenvalue weighted by Gasteiger charge is -2.60. The SMILES string of the molecule is OCC12CNCC(c3ccc4ccccc4c3)(C1)C2. The molecule has 2 heterocycles. The molecule has 5 rings (SSSR count). The molecule has 0 atom stereocenters. The number of hydrogen-bond donors (Lipinski definition) is 2. The Morgan fingerprint density at radius 3 is 2.58 bits per heavy atom. The van der Waals surface area contributed by atoms with Crippen LogP contribution < -0.4 is 5.32 Å². The first kappa shape index (κ1) is 11.4. The Morgan fingerprint density at radius 2 is 1.79 bits per heavy atom. The molecule has 0 aromatic heterocycles. The number of aliphatic hydroxyl groups is 1. The molecule has 0 amide bonds. The zero-order valence-electron chi connectivity index (χ0n) is 11.0. The van der Waals surface area contributed by atoms with Crippen LogP contribution in [0.1, 0.15) is 18.4 Å². The molecule has 2 saturated heterocycles. The van der Waals surface area contributed by atoms with Crippen LogP contribution in [0.25, 0.3) is 10.8 Å². The lowest BCUT2D eigenvalue weighted by molar-refractivity contribution is -0.0581. The van der Waals surface area contributed by atoms with Crippen molar-refractivity contribution in [2.45, 2.75) is 18.3 Å². The second-order valence-electron chi connectivity index (χ2n) is 6.46. The molecule has 2 nitrogen and oxygen atoms in total. The van der Waals surface area contributed by atoms with Crippen molar-refractivity contribution in [1.29, 1.82) is 0 Å². The molecule has 0 unspecified atom stereocenters. The predicted molar refractivity (Wildman–Crippen MR) is 77.2 cm³/mol. The van der Waals surface area contributed by atoms with Gasteiger partial charge in [0, 0.05) is 30.5 Å². The highest BCUT2D eigenvalue weighted by molar-refractivity contribution is 5.83. The highest BCUT2D eigenvalue weighted by Crippen LogP contribution is 2.57. The van der Waals surface area contributed by atoms with Gasteiger partial charge in [-0.2, -0.15) is 0 Å². The summed E-state index contributed by atoms with van der Waals surface area (Å²) in [6, 6.07) is 15.4. The summed E-state index contributed by atoms with van der Waals surface area (Å²) >= 11 is 0. The lowest BCUT2D eigenvalue weighted by Crippen LogP contribution is -2.65. The average Bonchev–Trinajstić information content (AvgIpc) is 2.46. The molecule has 98 valence electrons. The van der Waals surface area contributed by atoms with Crippen LogP contribution >= 0.6 is 0 Å². The number of hydrogen-bond acceptors (Lipinski definition) is 2. The molecular weight excluding hydrogens is 234 g/mol. The summed E-state index contributed by atoms with van der Waals surface area (Å²) < 4.78 is 0. The molecule has 3 fully saturated rings. The van der Waals surface area contributed by atoms with Crippen molar-refractivity contribution in [3.63, 3.8) is 0 Å². The first-order valence-corrected chi connectivity index (χ1v) is 7.06. The van der Waals surface area contributed by atoms with Gasteiger partial charge < -0.3 is 10.4 Å². The molecule has 2 aromatic carbocycles. The van der Waals surface area contributed by atoms with Gasteiger partial charge in [-0.25, -0.2) is 0 Å².